The number of anilines is 2. The summed E-state index contributed by atoms with van der Waals surface area (Å²) >= 11 is 0. The number of carbonyl (C=O) groups excluding carboxylic acids is 1. The Morgan fingerprint density at radius 3 is 2.19 bits per heavy atom. The predicted molar refractivity (Wildman–Crippen MR) is 126 cm³/mol. The summed E-state index contributed by atoms with van der Waals surface area (Å²) in [5.41, 5.74) is 5.16. The lowest BCUT2D eigenvalue weighted by Gasteiger charge is -2.15. The first-order chi connectivity index (χ1) is 14.6. The molecule has 0 heterocycles. The van der Waals surface area contributed by atoms with Crippen molar-refractivity contribution < 1.29 is 13.2 Å². The molecule has 0 unspecified atom stereocenters. The van der Waals surface area contributed by atoms with Gasteiger partial charge < -0.3 is 5.32 Å². The van der Waals surface area contributed by atoms with E-state index in [1.807, 2.05) is 44.2 Å². The number of carbonyl (C=O) groups is 1. The van der Waals surface area contributed by atoms with Gasteiger partial charge in [0.05, 0.1) is 4.90 Å². The van der Waals surface area contributed by atoms with Crippen LogP contribution in [0.5, 0.6) is 0 Å². The molecule has 3 aromatic rings. The van der Waals surface area contributed by atoms with Crippen molar-refractivity contribution in [2.75, 3.05) is 10.0 Å². The second-order valence-corrected chi connectivity index (χ2v) is 9.73. The zero-order valence-electron chi connectivity index (χ0n) is 18.5. The molecule has 0 saturated heterocycles. The second-order valence-electron chi connectivity index (χ2n) is 8.08. The summed E-state index contributed by atoms with van der Waals surface area (Å²) in [4.78, 5) is 13.0. The number of rotatable bonds is 6. The van der Waals surface area contributed by atoms with Crippen LogP contribution in [-0.2, 0) is 10.0 Å². The number of nitrogens with one attached hydrogen (secondary N) is 2. The van der Waals surface area contributed by atoms with Gasteiger partial charge in [-0.15, -0.1) is 0 Å². The van der Waals surface area contributed by atoms with E-state index < -0.39 is 10.0 Å². The van der Waals surface area contributed by atoms with Crippen LogP contribution in [-0.4, -0.2) is 14.3 Å². The van der Waals surface area contributed by atoms with E-state index in [2.05, 4.69) is 23.9 Å². The third-order valence-corrected chi connectivity index (χ3v) is 6.85. The minimum atomic E-state index is -3.85. The highest BCUT2D eigenvalue weighted by Crippen LogP contribution is 2.26. The van der Waals surface area contributed by atoms with Crippen LogP contribution in [0.2, 0.25) is 0 Å². The maximum Gasteiger partial charge on any atom is 0.262 e. The SMILES string of the molecule is Cc1ccc(NS(=O)(=O)c2cc(C(=O)Nc3ccccc3C(C)C)ccc2C)cc1C. The number of hydrogen-bond donors (Lipinski definition) is 2. The maximum atomic E-state index is 13.1. The Morgan fingerprint density at radius 2 is 1.52 bits per heavy atom. The van der Waals surface area contributed by atoms with Gasteiger partial charge in [-0.2, -0.15) is 0 Å². The molecule has 0 aliphatic heterocycles. The molecule has 6 heteroatoms. The number of hydrogen-bond acceptors (Lipinski definition) is 3. The van der Waals surface area contributed by atoms with Crippen LogP contribution in [0.4, 0.5) is 11.4 Å². The highest BCUT2D eigenvalue weighted by Gasteiger charge is 2.20. The van der Waals surface area contributed by atoms with Crippen molar-refractivity contribution >= 4 is 27.3 Å². The standard InChI is InChI=1S/C25H28N2O3S/c1-16(2)22-8-6-7-9-23(22)26-25(28)20-12-10-18(4)24(15-20)31(29,30)27-21-13-11-17(3)19(5)14-21/h6-16,27H,1-5H3,(H,26,28). The number of amides is 1. The van der Waals surface area contributed by atoms with Crippen molar-refractivity contribution in [2.45, 2.75) is 45.4 Å². The number of aryl methyl sites for hydroxylation is 3. The number of para-hydroxylation sites is 1. The van der Waals surface area contributed by atoms with Crippen LogP contribution in [0.3, 0.4) is 0 Å². The van der Waals surface area contributed by atoms with Gasteiger partial charge in [0.2, 0.25) is 0 Å². The Kier molecular flexibility index (Phi) is 6.51. The maximum absolute atomic E-state index is 13.1. The molecule has 2 N–H and O–H groups in total. The van der Waals surface area contributed by atoms with Crippen molar-refractivity contribution in [3.8, 4) is 0 Å². The molecule has 3 aromatic carbocycles. The second kappa shape index (κ2) is 8.94. The molecule has 5 nitrogen and oxygen atoms in total. The smallest absolute Gasteiger partial charge is 0.262 e. The Bertz CT molecular complexity index is 1230. The lowest BCUT2D eigenvalue weighted by atomic mass is 10.0. The first-order valence-electron chi connectivity index (χ1n) is 10.2. The van der Waals surface area contributed by atoms with Gasteiger partial charge in [0.1, 0.15) is 0 Å². The van der Waals surface area contributed by atoms with Crippen molar-refractivity contribution in [1.29, 1.82) is 0 Å². The van der Waals surface area contributed by atoms with Gasteiger partial charge in [0.25, 0.3) is 15.9 Å². The molecule has 3 rings (SSSR count). The van der Waals surface area contributed by atoms with Gasteiger partial charge in [-0.05, 0) is 79.3 Å². The quantitative estimate of drug-likeness (QED) is 0.514. The molecule has 0 saturated carbocycles. The Morgan fingerprint density at radius 1 is 0.839 bits per heavy atom. The van der Waals surface area contributed by atoms with Gasteiger partial charge >= 0.3 is 0 Å². The zero-order chi connectivity index (χ0) is 22.8. The molecule has 162 valence electrons. The first kappa shape index (κ1) is 22.6. The summed E-state index contributed by atoms with van der Waals surface area (Å²) in [5, 5.41) is 2.92. The molecule has 1 amide bonds. The summed E-state index contributed by atoms with van der Waals surface area (Å²) in [5.74, 6) is -0.108. The van der Waals surface area contributed by atoms with Crippen molar-refractivity contribution in [3.05, 3.63) is 88.5 Å². The molecule has 0 atom stereocenters. The molecule has 0 aliphatic rings. The van der Waals surface area contributed by atoms with Gasteiger partial charge in [0, 0.05) is 16.9 Å². The van der Waals surface area contributed by atoms with E-state index in [0.717, 1.165) is 22.4 Å². The van der Waals surface area contributed by atoms with E-state index in [-0.39, 0.29) is 22.3 Å². The van der Waals surface area contributed by atoms with Crippen LogP contribution >= 0.6 is 0 Å². The fourth-order valence-electron chi connectivity index (χ4n) is 3.35. The topological polar surface area (TPSA) is 75.3 Å². The Hall–Kier alpha value is -3.12. The molecule has 0 fully saturated rings. The summed E-state index contributed by atoms with van der Waals surface area (Å²) in [6.07, 6.45) is 0. The average Bonchev–Trinajstić information content (AvgIpc) is 2.71. The molecular weight excluding hydrogens is 408 g/mol. The van der Waals surface area contributed by atoms with E-state index in [4.69, 9.17) is 0 Å². The van der Waals surface area contributed by atoms with Crippen LogP contribution in [0.1, 0.15) is 52.4 Å². The van der Waals surface area contributed by atoms with Crippen molar-refractivity contribution in [2.24, 2.45) is 0 Å². The van der Waals surface area contributed by atoms with E-state index in [1.54, 1.807) is 31.2 Å². The highest BCUT2D eigenvalue weighted by molar-refractivity contribution is 7.92. The fourth-order valence-corrected chi connectivity index (χ4v) is 4.68. The Balaban J connectivity index is 1.90. The minimum Gasteiger partial charge on any atom is -0.322 e. The third-order valence-electron chi connectivity index (χ3n) is 5.33. The van der Waals surface area contributed by atoms with Crippen LogP contribution in [0, 0.1) is 20.8 Å². The van der Waals surface area contributed by atoms with Crippen molar-refractivity contribution in [3.63, 3.8) is 0 Å². The molecular formula is C25H28N2O3S. The molecule has 0 bridgehead atoms. The molecule has 0 spiro atoms. The van der Waals surface area contributed by atoms with Gasteiger partial charge in [-0.1, -0.05) is 44.2 Å². The highest BCUT2D eigenvalue weighted by atomic mass is 32.2. The fraction of sp³-hybridized carbons (Fsp3) is 0.240. The van der Waals surface area contributed by atoms with E-state index in [1.165, 1.54) is 6.07 Å². The minimum absolute atomic E-state index is 0.0792. The van der Waals surface area contributed by atoms with Crippen LogP contribution in [0.15, 0.2) is 65.6 Å². The van der Waals surface area contributed by atoms with Crippen LogP contribution < -0.4 is 10.0 Å². The number of sulfonamides is 1. The molecule has 0 aromatic heterocycles. The van der Waals surface area contributed by atoms with E-state index in [9.17, 15) is 13.2 Å². The summed E-state index contributed by atoms with van der Waals surface area (Å²) in [7, 11) is -3.85. The summed E-state index contributed by atoms with van der Waals surface area (Å²) in [6, 6.07) is 17.7. The summed E-state index contributed by atoms with van der Waals surface area (Å²) < 4.78 is 28.7. The van der Waals surface area contributed by atoms with Crippen LogP contribution in [0.25, 0.3) is 0 Å². The first-order valence-corrected chi connectivity index (χ1v) is 11.7. The number of benzene rings is 3. The monoisotopic (exact) mass is 436 g/mol. The predicted octanol–water partition coefficient (Wildman–Crippen LogP) is 5.79. The molecule has 0 radical (unpaired) electrons. The van der Waals surface area contributed by atoms with Crippen molar-refractivity contribution in [1.82, 2.24) is 0 Å². The van der Waals surface area contributed by atoms with E-state index in [0.29, 0.717) is 11.3 Å². The summed E-state index contributed by atoms with van der Waals surface area (Å²) in [6.45, 7) is 9.72. The Labute approximate surface area is 184 Å². The molecule has 31 heavy (non-hydrogen) atoms. The zero-order valence-corrected chi connectivity index (χ0v) is 19.3. The average molecular weight is 437 g/mol. The molecule has 0 aliphatic carbocycles. The largest absolute Gasteiger partial charge is 0.322 e. The third kappa shape index (κ3) is 5.14. The van der Waals surface area contributed by atoms with Gasteiger partial charge in [-0.25, -0.2) is 8.42 Å². The van der Waals surface area contributed by atoms with E-state index >= 15 is 0 Å². The normalized spacial score (nSPS) is 11.4. The van der Waals surface area contributed by atoms with Gasteiger partial charge in [-0.3, -0.25) is 9.52 Å². The van der Waals surface area contributed by atoms with Gasteiger partial charge in [0.15, 0.2) is 0 Å². The lowest BCUT2D eigenvalue weighted by Crippen LogP contribution is -2.17. The lowest BCUT2D eigenvalue weighted by molar-refractivity contribution is 0.102.